The average Bonchev–Trinajstić information content (AvgIpc) is 3.62. The minimum atomic E-state index is -0.875. The van der Waals surface area contributed by atoms with Crippen LogP contribution < -0.4 is 16.4 Å². The van der Waals surface area contributed by atoms with Crippen LogP contribution in [0.1, 0.15) is 82.0 Å². The normalized spacial score (nSPS) is 22.9. The van der Waals surface area contributed by atoms with Gasteiger partial charge in [0.1, 0.15) is 12.1 Å². The van der Waals surface area contributed by atoms with Gasteiger partial charge in [-0.2, -0.15) is 0 Å². The van der Waals surface area contributed by atoms with Gasteiger partial charge in [-0.3, -0.25) is 19.2 Å². The number of nitrogens with zero attached hydrogens (tertiary/aromatic N) is 2. The van der Waals surface area contributed by atoms with Crippen LogP contribution in [-0.4, -0.2) is 103 Å². The molecular weight excluding hydrogens is 594 g/mol. The van der Waals surface area contributed by atoms with Crippen molar-refractivity contribution in [1.82, 2.24) is 20.4 Å². The summed E-state index contributed by atoms with van der Waals surface area (Å²) >= 11 is 0. The average molecular weight is 644 g/mol. The third-order valence-electron chi connectivity index (χ3n) is 9.06. The van der Waals surface area contributed by atoms with E-state index in [0.717, 1.165) is 0 Å². The fraction of sp³-hybridized carbons (Fsp3) is 0.636. The summed E-state index contributed by atoms with van der Waals surface area (Å²) in [4.78, 5) is 80.4. The van der Waals surface area contributed by atoms with Crippen LogP contribution in [0.5, 0.6) is 0 Å². The molecular formula is C33H49N5O8. The molecule has 2 fully saturated rings. The van der Waals surface area contributed by atoms with Crippen LogP contribution in [0, 0.1) is 16.7 Å². The summed E-state index contributed by atoms with van der Waals surface area (Å²) in [5, 5.41) is 5.76. The molecule has 1 aromatic rings. The van der Waals surface area contributed by atoms with Crippen molar-refractivity contribution in [1.29, 1.82) is 0 Å². The van der Waals surface area contributed by atoms with Crippen LogP contribution in [0.25, 0.3) is 0 Å². The minimum absolute atomic E-state index is 0.0939. The maximum absolute atomic E-state index is 13.3. The van der Waals surface area contributed by atoms with Gasteiger partial charge >= 0.3 is 11.9 Å². The molecule has 2 saturated heterocycles. The standard InChI is InChI=1S/C33H49N5O8/c1-18(32(2,3)4)28(41)37-16-21(14-23(37)30(43)45-8)35-26(39)19-10-12-20(13-11-19)27(40)36-22-15-24(31(44)46-9)38(17-22)29(42)25(34)33(5,6)7/h10-13,18,21-25H,14-17,34H2,1-9H3,(H,35,39)(H,36,40)/t18-,21+,22+,23+,24+,25-/m1/s1. The molecule has 13 heteroatoms. The molecule has 2 heterocycles. The van der Waals surface area contributed by atoms with Gasteiger partial charge in [0.2, 0.25) is 11.8 Å². The molecule has 0 aromatic heterocycles. The fourth-order valence-corrected chi connectivity index (χ4v) is 5.57. The van der Waals surface area contributed by atoms with Crippen molar-refractivity contribution >= 4 is 35.6 Å². The maximum atomic E-state index is 13.3. The summed E-state index contributed by atoms with van der Waals surface area (Å²) in [6, 6.07) is 2.49. The highest BCUT2D eigenvalue weighted by Gasteiger charge is 2.45. The molecule has 0 radical (unpaired) electrons. The Morgan fingerprint density at radius 2 is 1.09 bits per heavy atom. The first-order chi connectivity index (χ1) is 21.3. The molecule has 3 rings (SSSR count). The molecule has 6 atom stereocenters. The van der Waals surface area contributed by atoms with E-state index >= 15 is 0 Å². The monoisotopic (exact) mass is 643 g/mol. The van der Waals surface area contributed by atoms with Gasteiger partial charge in [0.15, 0.2) is 0 Å². The number of benzene rings is 1. The lowest BCUT2D eigenvalue weighted by Crippen LogP contribution is -2.53. The second-order valence-corrected chi connectivity index (χ2v) is 14.4. The Labute approximate surface area is 270 Å². The van der Waals surface area contributed by atoms with Crippen LogP contribution >= 0.6 is 0 Å². The SMILES string of the molecule is COC(=O)[C@@H]1C[C@H](NC(=O)c2ccc(C(=O)N[C@H]3C[C@@H](C(=O)OC)N(C(=O)[C@@H](N)C(C)(C)C)C3)cc2)CN1C(=O)[C@@H](C)C(C)(C)C. The molecule has 4 N–H and O–H groups in total. The van der Waals surface area contributed by atoms with Crippen molar-refractivity contribution in [3.63, 3.8) is 0 Å². The van der Waals surface area contributed by atoms with Gasteiger partial charge in [0, 0.05) is 55.1 Å². The van der Waals surface area contributed by atoms with E-state index in [1.165, 1.54) is 48.3 Å². The number of hydrogen-bond acceptors (Lipinski definition) is 9. The lowest BCUT2D eigenvalue weighted by Gasteiger charge is -2.32. The Kier molecular flexibility index (Phi) is 11.2. The van der Waals surface area contributed by atoms with Crippen LogP contribution in [0.15, 0.2) is 24.3 Å². The van der Waals surface area contributed by atoms with Gasteiger partial charge in [-0.1, -0.05) is 48.5 Å². The Morgan fingerprint density at radius 1 is 0.717 bits per heavy atom. The number of likely N-dealkylation sites (tertiary alicyclic amines) is 2. The zero-order chi connectivity index (χ0) is 34.7. The Morgan fingerprint density at radius 3 is 1.41 bits per heavy atom. The summed E-state index contributed by atoms with van der Waals surface area (Å²) < 4.78 is 9.83. The first kappa shape index (κ1) is 36.5. The third-order valence-corrected chi connectivity index (χ3v) is 9.06. The van der Waals surface area contributed by atoms with E-state index in [1.54, 1.807) is 0 Å². The van der Waals surface area contributed by atoms with Crippen LogP contribution in [0.3, 0.4) is 0 Å². The minimum Gasteiger partial charge on any atom is -0.467 e. The zero-order valence-electron chi connectivity index (χ0n) is 28.3. The Bertz CT molecular complexity index is 1230. The molecule has 0 spiro atoms. The number of methoxy groups -OCH3 is 2. The van der Waals surface area contributed by atoms with Crippen molar-refractivity contribution < 1.29 is 38.2 Å². The number of carbonyl (C=O) groups excluding carboxylic acids is 6. The van der Waals surface area contributed by atoms with E-state index in [4.69, 9.17) is 15.2 Å². The first-order valence-electron chi connectivity index (χ1n) is 15.5. The number of nitrogens with one attached hydrogen (secondary N) is 2. The number of hydrogen-bond donors (Lipinski definition) is 3. The number of ether oxygens (including phenoxy) is 2. The van der Waals surface area contributed by atoms with Gasteiger partial charge in [-0.15, -0.1) is 0 Å². The van der Waals surface area contributed by atoms with Crippen molar-refractivity contribution in [2.45, 2.75) is 91.5 Å². The topological polar surface area (TPSA) is 177 Å². The van der Waals surface area contributed by atoms with E-state index in [-0.39, 0.29) is 48.7 Å². The quantitative estimate of drug-likeness (QED) is 0.354. The maximum Gasteiger partial charge on any atom is 0.328 e. The summed E-state index contributed by atoms with van der Waals surface area (Å²) in [6.45, 7) is 13.4. The number of rotatable bonds is 8. The first-order valence-corrected chi connectivity index (χ1v) is 15.5. The summed E-state index contributed by atoms with van der Waals surface area (Å²) in [6.07, 6.45) is 0.388. The Balaban J connectivity index is 1.65. The Hall–Kier alpha value is -4.00. The highest BCUT2D eigenvalue weighted by Crippen LogP contribution is 2.31. The largest absolute Gasteiger partial charge is 0.467 e. The van der Waals surface area contributed by atoms with E-state index in [1.807, 2.05) is 48.5 Å². The predicted molar refractivity (Wildman–Crippen MR) is 169 cm³/mol. The number of amides is 4. The molecule has 0 saturated carbocycles. The number of nitrogens with two attached hydrogens (primary N) is 1. The number of carbonyl (C=O) groups is 6. The van der Waals surface area contributed by atoms with Crippen molar-refractivity contribution in [2.24, 2.45) is 22.5 Å². The summed E-state index contributed by atoms with van der Waals surface area (Å²) in [5.74, 6) is -2.91. The smallest absolute Gasteiger partial charge is 0.328 e. The van der Waals surface area contributed by atoms with E-state index in [9.17, 15) is 28.8 Å². The molecule has 0 bridgehead atoms. The highest BCUT2D eigenvalue weighted by atomic mass is 16.5. The molecule has 0 aliphatic carbocycles. The zero-order valence-corrected chi connectivity index (χ0v) is 28.3. The van der Waals surface area contributed by atoms with E-state index in [2.05, 4.69) is 10.6 Å². The molecule has 0 unspecified atom stereocenters. The van der Waals surface area contributed by atoms with Crippen molar-refractivity contribution in [2.75, 3.05) is 27.3 Å². The van der Waals surface area contributed by atoms with Gasteiger partial charge in [0.25, 0.3) is 11.8 Å². The van der Waals surface area contributed by atoms with Gasteiger partial charge < -0.3 is 35.6 Å². The van der Waals surface area contributed by atoms with Crippen LogP contribution in [-0.2, 0) is 28.7 Å². The van der Waals surface area contributed by atoms with Crippen LogP contribution in [0.2, 0.25) is 0 Å². The summed E-state index contributed by atoms with van der Waals surface area (Å²) in [5.41, 5.74) is 5.90. The van der Waals surface area contributed by atoms with Crippen molar-refractivity contribution in [3.8, 4) is 0 Å². The van der Waals surface area contributed by atoms with E-state index in [0.29, 0.717) is 5.56 Å². The van der Waals surface area contributed by atoms with E-state index < -0.39 is 65.3 Å². The van der Waals surface area contributed by atoms with Gasteiger partial charge in [0.05, 0.1) is 20.3 Å². The highest BCUT2D eigenvalue weighted by molar-refractivity contribution is 5.98. The molecule has 254 valence electrons. The second kappa shape index (κ2) is 14.2. The van der Waals surface area contributed by atoms with Crippen LogP contribution in [0.4, 0.5) is 0 Å². The number of esters is 2. The molecule has 1 aromatic carbocycles. The third kappa shape index (κ3) is 8.23. The lowest BCUT2D eigenvalue weighted by atomic mass is 9.81. The fourth-order valence-electron chi connectivity index (χ4n) is 5.57. The molecule has 4 amide bonds. The van der Waals surface area contributed by atoms with Gasteiger partial charge in [-0.25, -0.2) is 9.59 Å². The summed E-state index contributed by atoms with van der Waals surface area (Å²) in [7, 11) is 2.51. The van der Waals surface area contributed by atoms with Crippen molar-refractivity contribution in [3.05, 3.63) is 35.4 Å². The molecule has 2 aliphatic rings. The lowest BCUT2D eigenvalue weighted by molar-refractivity contribution is -0.153. The molecule has 46 heavy (non-hydrogen) atoms. The molecule has 2 aliphatic heterocycles. The second-order valence-electron chi connectivity index (χ2n) is 14.4. The predicted octanol–water partition coefficient (Wildman–Crippen LogP) is 1.49. The molecule has 13 nitrogen and oxygen atoms in total. The van der Waals surface area contributed by atoms with Gasteiger partial charge in [-0.05, 0) is 35.1 Å².